The number of Topliss-reactive ketones (excluding diaryl/α,β-unsaturated/α-hetero) is 1. The summed E-state index contributed by atoms with van der Waals surface area (Å²) in [6, 6.07) is 17.4. The maximum Gasteiger partial charge on any atom is 0.222 e. The number of piperidine rings is 1. The molecular weight excluding hydrogens is 382 g/mol. The van der Waals surface area contributed by atoms with Gasteiger partial charge in [-0.15, -0.1) is 0 Å². The lowest BCUT2D eigenvalue weighted by Crippen LogP contribution is -2.49. The molecule has 0 aromatic heterocycles. The van der Waals surface area contributed by atoms with Crippen LogP contribution in [-0.2, 0) is 9.59 Å². The molecule has 2 aromatic rings. The predicted molar refractivity (Wildman–Crippen MR) is 124 cm³/mol. The summed E-state index contributed by atoms with van der Waals surface area (Å²) < 4.78 is 0. The van der Waals surface area contributed by atoms with E-state index in [1.165, 1.54) is 54.4 Å². The van der Waals surface area contributed by atoms with Crippen molar-refractivity contribution in [3.63, 3.8) is 0 Å². The third-order valence-electron chi connectivity index (χ3n) is 7.80. The highest BCUT2D eigenvalue weighted by atomic mass is 16.2. The molecule has 1 amide bonds. The molecule has 1 saturated carbocycles. The van der Waals surface area contributed by atoms with Gasteiger partial charge in [0.15, 0.2) is 0 Å². The van der Waals surface area contributed by atoms with Crippen molar-refractivity contribution in [2.45, 2.75) is 76.2 Å². The SMILES string of the molecule is O=C(CCCC(=O)N1CCCC2CCCCC21)CC1c2ccccc2-c2ccccc21. The van der Waals surface area contributed by atoms with E-state index in [4.69, 9.17) is 0 Å². The number of fused-ring (bicyclic) bond motifs is 4. The van der Waals surface area contributed by atoms with Gasteiger partial charge in [0.05, 0.1) is 0 Å². The Kier molecular flexibility index (Phi) is 5.93. The molecule has 0 N–H and O–H groups in total. The minimum Gasteiger partial charge on any atom is -0.339 e. The zero-order valence-corrected chi connectivity index (χ0v) is 18.4. The second-order valence-corrected chi connectivity index (χ2v) is 9.66. The molecule has 0 spiro atoms. The van der Waals surface area contributed by atoms with Crippen LogP contribution in [0.25, 0.3) is 11.1 Å². The van der Waals surface area contributed by atoms with E-state index in [1.807, 2.05) is 0 Å². The molecule has 2 unspecified atom stereocenters. The number of carbonyl (C=O) groups excluding carboxylic acids is 2. The van der Waals surface area contributed by atoms with Crippen molar-refractivity contribution < 1.29 is 9.59 Å². The molecule has 0 radical (unpaired) electrons. The Bertz CT molecular complexity index is 917. The van der Waals surface area contributed by atoms with Crippen LogP contribution in [0, 0.1) is 5.92 Å². The second kappa shape index (κ2) is 8.98. The number of likely N-dealkylation sites (tertiary alicyclic amines) is 1. The van der Waals surface area contributed by atoms with Crippen LogP contribution in [0.1, 0.15) is 81.3 Å². The van der Waals surface area contributed by atoms with Crippen molar-refractivity contribution in [3.05, 3.63) is 59.7 Å². The van der Waals surface area contributed by atoms with Crippen molar-refractivity contribution in [2.24, 2.45) is 5.92 Å². The quantitative estimate of drug-likeness (QED) is 0.571. The zero-order chi connectivity index (χ0) is 21.2. The Morgan fingerprint density at radius 2 is 1.45 bits per heavy atom. The van der Waals surface area contributed by atoms with Crippen molar-refractivity contribution in [3.8, 4) is 11.1 Å². The third-order valence-corrected chi connectivity index (χ3v) is 7.80. The lowest BCUT2D eigenvalue weighted by Gasteiger charge is -2.44. The third kappa shape index (κ3) is 4.07. The lowest BCUT2D eigenvalue weighted by atomic mass is 9.78. The Morgan fingerprint density at radius 3 is 2.19 bits per heavy atom. The first-order valence-corrected chi connectivity index (χ1v) is 12.2. The highest BCUT2D eigenvalue weighted by Crippen LogP contribution is 2.46. The predicted octanol–water partition coefficient (Wildman–Crippen LogP) is 6.11. The van der Waals surface area contributed by atoms with Crippen LogP contribution in [0.3, 0.4) is 0 Å². The molecule has 1 aliphatic heterocycles. The van der Waals surface area contributed by atoms with Crippen molar-refractivity contribution in [1.29, 1.82) is 0 Å². The van der Waals surface area contributed by atoms with E-state index in [-0.39, 0.29) is 17.6 Å². The fourth-order valence-corrected chi connectivity index (χ4v) is 6.32. The van der Waals surface area contributed by atoms with E-state index < -0.39 is 0 Å². The number of ketones is 1. The van der Waals surface area contributed by atoms with Crippen molar-refractivity contribution >= 4 is 11.7 Å². The normalized spacial score (nSPS) is 22.5. The molecule has 31 heavy (non-hydrogen) atoms. The van der Waals surface area contributed by atoms with Gasteiger partial charge in [0.25, 0.3) is 0 Å². The van der Waals surface area contributed by atoms with Crippen molar-refractivity contribution in [1.82, 2.24) is 4.90 Å². The first kappa shape index (κ1) is 20.5. The van der Waals surface area contributed by atoms with E-state index in [2.05, 4.69) is 53.4 Å². The van der Waals surface area contributed by atoms with Gasteiger partial charge in [0.2, 0.25) is 5.91 Å². The first-order chi connectivity index (χ1) is 15.2. The van der Waals surface area contributed by atoms with Crippen molar-refractivity contribution in [2.75, 3.05) is 6.54 Å². The fraction of sp³-hybridized carbons (Fsp3) is 0.500. The van der Waals surface area contributed by atoms with Gasteiger partial charge >= 0.3 is 0 Å². The van der Waals surface area contributed by atoms with Crippen LogP contribution in [0.4, 0.5) is 0 Å². The molecule has 3 aliphatic rings. The van der Waals surface area contributed by atoms with E-state index in [9.17, 15) is 9.59 Å². The number of hydrogen-bond acceptors (Lipinski definition) is 2. The molecular formula is C28H33NO2. The van der Waals surface area contributed by atoms with E-state index in [0.29, 0.717) is 31.7 Å². The molecule has 0 bridgehead atoms. The summed E-state index contributed by atoms with van der Waals surface area (Å²) in [5.41, 5.74) is 5.06. The number of hydrogen-bond donors (Lipinski definition) is 0. The van der Waals surface area contributed by atoms with Gasteiger partial charge in [-0.2, -0.15) is 0 Å². The highest BCUT2D eigenvalue weighted by molar-refractivity contribution is 5.85. The molecule has 1 saturated heterocycles. The highest BCUT2D eigenvalue weighted by Gasteiger charge is 2.35. The van der Waals surface area contributed by atoms with Gasteiger partial charge in [0, 0.05) is 37.8 Å². The Morgan fingerprint density at radius 1 is 0.806 bits per heavy atom. The summed E-state index contributed by atoms with van der Waals surface area (Å²) in [5, 5.41) is 0. The summed E-state index contributed by atoms with van der Waals surface area (Å²) in [4.78, 5) is 28.0. The summed E-state index contributed by atoms with van der Waals surface area (Å²) in [6.07, 6.45) is 9.73. The first-order valence-electron chi connectivity index (χ1n) is 12.2. The topological polar surface area (TPSA) is 37.4 Å². The average molecular weight is 416 g/mol. The Balaban J connectivity index is 1.17. The number of nitrogens with zero attached hydrogens (tertiary/aromatic N) is 1. The number of rotatable bonds is 6. The maximum atomic E-state index is 12.9. The molecule has 162 valence electrons. The van der Waals surface area contributed by atoms with Gasteiger partial charge in [0.1, 0.15) is 5.78 Å². The Hall–Kier alpha value is -2.42. The molecule has 2 atom stereocenters. The molecule has 3 heteroatoms. The summed E-state index contributed by atoms with van der Waals surface area (Å²) in [6.45, 7) is 0.920. The lowest BCUT2D eigenvalue weighted by molar-refractivity contribution is -0.137. The largest absolute Gasteiger partial charge is 0.339 e. The number of amides is 1. The number of carbonyl (C=O) groups is 2. The molecule has 2 aromatic carbocycles. The number of benzene rings is 2. The van der Waals surface area contributed by atoms with E-state index in [1.54, 1.807) is 0 Å². The Labute approximate surface area is 185 Å². The van der Waals surface area contributed by atoms with E-state index >= 15 is 0 Å². The van der Waals surface area contributed by atoms with Gasteiger partial charge in [-0.3, -0.25) is 9.59 Å². The van der Waals surface area contributed by atoms with Crippen LogP contribution in [0.15, 0.2) is 48.5 Å². The molecule has 1 heterocycles. The molecule has 5 rings (SSSR count). The van der Waals surface area contributed by atoms with Gasteiger partial charge in [-0.05, 0) is 60.3 Å². The smallest absolute Gasteiger partial charge is 0.222 e. The minimum atomic E-state index is 0.153. The zero-order valence-electron chi connectivity index (χ0n) is 18.4. The minimum absolute atomic E-state index is 0.153. The standard InChI is InChI=1S/C28H33NO2/c30-21(11-7-17-28(31)29-18-8-10-20-9-1-6-16-27(20)29)19-26-24-14-4-2-12-22(24)23-13-3-5-15-25(23)26/h2-5,12-15,20,26-27H,1,6-11,16-19H2. The van der Waals surface area contributed by atoms with Crippen LogP contribution in [0.5, 0.6) is 0 Å². The van der Waals surface area contributed by atoms with Crippen LogP contribution >= 0.6 is 0 Å². The van der Waals surface area contributed by atoms with Crippen LogP contribution in [0.2, 0.25) is 0 Å². The maximum absolute atomic E-state index is 12.9. The second-order valence-electron chi connectivity index (χ2n) is 9.66. The summed E-state index contributed by atoms with van der Waals surface area (Å²) in [5.74, 6) is 1.43. The monoisotopic (exact) mass is 415 g/mol. The average Bonchev–Trinajstić information content (AvgIpc) is 3.12. The van der Waals surface area contributed by atoms with Gasteiger partial charge in [-0.1, -0.05) is 61.4 Å². The fourth-order valence-electron chi connectivity index (χ4n) is 6.32. The molecule has 2 fully saturated rings. The molecule has 2 aliphatic carbocycles. The van der Waals surface area contributed by atoms with Gasteiger partial charge < -0.3 is 4.90 Å². The summed E-state index contributed by atoms with van der Waals surface area (Å²) in [7, 11) is 0. The van der Waals surface area contributed by atoms with Crippen LogP contribution in [-0.4, -0.2) is 29.2 Å². The van der Waals surface area contributed by atoms with Gasteiger partial charge in [-0.25, -0.2) is 0 Å². The van der Waals surface area contributed by atoms with Crippen LogP contribution < -0.4 is 0 Å². The van der Waals surface area contributed by atoms with E-state index in [0.717, 1.165) is 18.9 Å². The molecule has 3 nitrogen and oxygen atoms in total. The summed E-state index contributed by atoms with van der Waals surface area (Å²) >= 11 is 0.